The summed E-state index contributed by atoms with van der Waals surface area (Å²) in [6.07, 6.45) is 3.11. The zero-order chi connectivity index (χ0) is 17.3. The first-order chi connectivity index (χ1) is 11.5. The van der Waals surface area contributed by atoms with Crippen LogP contribution in [-0.4, -0.2) is 26.6 Å². The normalized spacial score (nSPS) is 18.2. The second-order valence-corrected chi connectivity index (χ2v) is 6.84. The Balaban J connectivity index is 1.81. The fourth-order valence-electron chi connectivity index (χ4n) is 3.39. The molecule has 0 radical (unpaired) electrons. The van der Waals surface area contributed by atoms with Gasteiger partial charge in [0, 0.05) is 43.5 Å². The van der Waals surface area contributed by atoms with Crippen LogP contribution in [0.15, 0.2) is 39.9 Å². The molecule has 0 saturated carbocycles. The number of benzene rings is 1. The highest BCUT2D eigenvalue weighted by molar-refractivity contribution is 6.31. The van der Waals surface area contributed by atoms with Crippen LogP contribution in [0.3, 0.4) is 0 Å². The second kappa shape index (κ2) is 6.95. The van der Waals surface area contributed by atoms with Gasteiger partial charge in [0.1, 0.15) is 0 Å². The molecule has 5 nitrogen and oxygen atoms in total. The van der Waals surface area contributed by atoms with Crippen molar-refractivity contribution in [2.24, 2.45) is 14.1 Å². The molecule has 0 N–H and O–H groups in total. The monoisotopic (exact) mass is 347 g/mol. The summed E-state index contributed by atoms with van der Waals surface area (Å²) in [7, 11) is 3.22. The van der Waals surface area contributed by atoms with Crippen molar-refractivity contribution in [3.63, 3.8) is 0 Å². The van der Waals surface area contributed by atoms with Gasteiger partial charge in [-0.2, -0.15) is 0 Å². The number of halogens is 1. The molecule has 0 unspecified atom stereocenters. The molecule has 24 heavy (non-hydrogen) atoms. The van der Waals surface area contributed by atoms with Gasteiger partial charge in [-0.15, -0.1) is 0 Å². The minimum atomic E-state index is -0.278. The molecule has 1 aromatic heterocycles. The van der Waals surface area contributed by atoms with E-state index >= 15 is 0 Å². The van der Waals surface area contributed by atoms with Gasteiger partial charge in [-0.25, -0.2) is 4.79 Å². The van der Waals surface area contributed by atoms with Crippen LogP contribution >= 0.6 is 11.6 Å². The van der Waals surface area contributed by atoms with E-state index in [1.807, 2.05) is 18.2 Å². The lowest BCUT2D eigenvalue weighted by molar-refractivity contribution is 0.237. The van der Waals surface area contributed by atoms with Gasteiger partial charge in [0.2, 0.25) is 0 Å². The van der Waals surface area contributed by atoms with Gasteiger partial charge in [-0.05, 0) is 37.4 Å². The zero-order valence-electron chi connectivity index (χ0n) is 14.0. The fourth-order valence-corrected chi connectivity index (χ4v) is 3.60. The summed E-state index contributed by atoms with van der Waals surface area (Å²) in [6, 6.07) is 9.86. The van der Waals surface area contributed by atoms with E-state index in [0.717, 1.165) is 46.7 Å². The first kappa shape index (κ1) is 17.0. The van der Waals surface area contributed by atoms with Crippen LogP contribution in [0.25, 0.3) is 0 Å². The van der Waals surface area contributed by atoms with Gasteiger partial charge in [-0.1, -0.05) is 29.8 Å². The molecular formula is C18H22ClN3O2. The molecule has 2 heterocycles. The molecule has 3 rings (SSSR count). The molecule has 1 fully saturated rings. The predicted molar refractivity (Wildman–Crippen MR) is 95.5 cm³/mol. The summed E-state index contributed by atoms with van der Waals surface area (Å²) in [6.45, 7) is 1.58. The largest absolute Gasteiger partial charge is 0.330 e. The third kappa shape index (κ3) is 3.32. The van der Waals surface area contributed by atoms with Crippen molar-refractivity contribution in [1.29, 1.82) is 0 Å². The molecule has 0 spiro atoms. The predicted octanol–water partition coefficient (Wildman–Crippen LogP) is 1.94. The molecule has 0 amide bonds. The lowest BCUT2D eigenvalue weighted by atomic mass is 10.0. The average molecular weight is 348 g/mol. The van der Waals surface area contributed by atoms with Crippen LogP contribution in [0.4, 0.5) is 0 Å². The molecule has 6 heteroatoms. The van der Waals surface area contributed by atoms with E-state index in [0.29, 0.717) is 12.6 Å². The maximum atomic E-state index is 12.1. The molecular weight excluding hydrogens is 326 g/mol. The van der Waals surface area contributed by atoms with E-state index < -0.39 is 0 Å². The van der Waals surface area contributed by atoms with Crippen molar-refractivity contribution >= 4 is 11.6 Å². The summed E-state index contributed by atoms with van der Waals surface area (Å²) in [5.74, 6) is 0. The SMILES string of the molecule is Cn1c(CN2CCC[C@H]2Cc2ccccc2Cl)cc(=O)n(C)c1=O. The highest BCUT2D eigenvalue weighted by Gasteiger charge is 2.26. The second-order valence-electron chi connectivity index (χ2n) is 6.44. The van der Waals surface area contributed by atoms with Gasteiger partial charge in [0.05, 0.1) is 0 Å². The van der Waals surface area contributed by atoms with Crippen molar-refractivity contribution < 1.29 is 0 Å². The number of hydrogen-bond donors (Lipinski definition) is 0. The van der Waals surface area contributed by atoms with E-state index in [1.54, 1.807) is 17.7 Å². The number of aromatic nitrogens is 2. The number of hydrogen-bond acceptors (Lipinski definition) is 3. The molecule has 2 aromatic rings. The number of rotatable bonds is 4. The Kier molecular flexibility index (Phi) is 4.92. The first-order valence-corrected chi connectivity index (χ1v) is 8.58. The molecule has 0 bridgehead atoms. The summed E-state index contributed by atoms with van der Waals surface area (Å²) in [5, 5.41) is 0.797. The summed E-state index contributed by atoms with van der Waals surface area (Å²) in [5.41, 5.74) is 1.37. The minimum absolute atomic E-state index is 0.255. The van der Waals surface area contributed by atoms with E-state index in [1.165, 1.54) is 7.05 Å². The summed E-state index contributed by atoms with van der Waals surface area (Å²) in [4.78, 5) is 26.4. The Bertz CT molecular complexity index is 856. The lowest BCUT2D eigenvalue weighted by Gasteiger charge is -2.25. The third-order valence-electron chi connectivity index (χ3n) is 4.90. The Morgan fingerprint density at radius 3 is 2.67 bits per heavy atom. The number of nitrogens with zero attached hydrogens (tertiary/aromatic N) is 3. The molecule has 1 aliphatic heterocycles. The van der Waals surface area contributed by atoms with Crippen molar-refractivity contribution in [2.75, 3.05) is 6.54 Å². The van der Waals surface area contributed by atoms with E-state index in [9.17, 15) is 9.59 Å². The molecule has 1 saturated heterocycles. The van der Waals surface area contributed by atoms with E-state index in [4.69, 9.17) is 11.6 Å². The quantitative estimate of drug-likeness (QED) is 0.849. The van der Waals surface area contributed by atoms with Crippen LogP contribution in [0.1, 0.15) is 24.1 Å². The van der Waals surface area contributed by atoms with Crippen molar-refractivity contribution in [3.8, 4) is 0 Å². The summed E-state index contributed by atoms with van der Waals surface area (Å²) >= 11 is 6.29. The highest BCUT2D eigenvalue weighted by Crippen LogP contribution is 2.25. The maximum absolute atomic E-state index is 12.1. The van der Waals surface area contributed by atoms with Crippen molar-refractivity contribution in [3.05, 3.63) is 67.4 Å². The lowest BCUT2D eigenvalue weighted by Crippen LogP contribution is -2.40. The standard InChI is InChI=1S/C18H22ClN3O2/c1-20-15(11-17(23)21(2)18(20)24)12-22-9-5-7-14(22)10-13-6-3-4-8-16(13)19/h3-4,6,8,11,14H,5,7,9-10,12H2,1-2H3/t14-/m0/s1. The van der Waals surface area contributed by atoms with Gasteiger partial charge >= 0.3 is 5.69 Å². The summed E-state index contributed by atoms with van der Waals surface area (Å²) < 4.78 is 2.70. The van der Waals surface area contributed by atoms with Crippen LogP contribution in [-0.2, 0) is 27.1 Å². The highest BCUT2D eigenvalue weighted by atomic mass is 35.5. The number of likely N-dealkylation sites (tertiary alicyclic amines) is 1. The van der Waals surface area contributed by atoms with Crippen molar-refractivity contribution in [1.82, 2.24) is 14.0 Å². The Morgan fingerprint density at radius 1 is 1.17 bits per heavy atom. The first-order valence-electron chi connectivity index (χ1n) is 8.21. The zero-order valence-corrected chi connectivity index (χ0v) is 14.8. The minimum Gasteiger partial charge on any atom is -0.299 e. The third-order valence-corrected chi connectivity index (χ3v) is 5.27. The molecule has 1 atom stereocenters. The van der Waals surface area contributed by atoms with Crippen LogP contribution < -0.4 is 11.2 Å². The molecule has 128 valence electrons. The maximum Gasteiger partial charge on any atom is 0.330 e. The average Bonchev–Trinajstić information content (AvgIpc) is 3.00. The van der Waals surface area contributed by atoms with E-state index in [2.05, 4.69) is 11.0 Å². The van der Waals surface area contributed by atoms with Gasteiger partial charge in [0.25, 0.3) is 5.56 Å². The molecule has 1 aromatic carbocycles. The Labute approximate surface area is 146 Å². The van der Waals surface area contributed by atoms with E-state index in [-0.39, 0.29) is 11.2 Å². The van der Waals surface area contributed by atoms with Crippen LogP contribution in [0, 0.1) is 0 Å². The van der Waals surface area contributed by atoms with Crippen LogP contribution in [0.5, 0.6) is 0 Å². The molecule has 1 aliphatic rings. The molecule has 0 aliphatic carbocycles. The topological polar surface area (TPSA) is 47.2 Å². The van der Waals surface area contributed by atoms with Gasteiger partial charge in [-0.3, -0.25) is 18.8 Å². The Hall–Kier alpha value is -1.85. The van der Waals surface area contributed by atoms with Gasteiger partial charge in [0.15, 0.2) is 0 Å². The van der Waals surface area contributed by atoms with Gasteiger partial charge < -0.3 is 0 Å². The van der Waals surface area contributed by atoms with Crippen molar-refractivity contribution in [2.45, 2.75) is 31.8 Å². The van der Waals surface area contributed by atoms with Crippen LogP contribution in [0.2, 0.25) is 5.02 Å². The smallest absolute Gasteiger partial charge is 0.299 e. The fraction of sp³-hybridized carbons (Fsp3) is 0.444. The Morgan fingerprint density at radius 2 is 1.92 bits per heavy atom.